The maximum absolute atomic E-state index is 6.22. The second kappa shape index (κ2) is 8.37. The molecule has 0 bridgehead atoms. The second-order valence-electron chi connectivity index (χ2n) is 6.62. The molecule has 1 aromatic heterocycles. The molecule has 1 N–H and O–H groups in total. The van der Waals surface area contributed by atoms with Crippen LogP contribution in [0.5, 0.6) is 0 Å². The summed E-state index contributed by atoms with van der Waals surface area (Å²) in [5, 5.41) is 3.95. The Balaban J connectivity index is 1.38. The van der Waals surface area contributed by atoms with Gasteiger partial charge in [-0.15, -0.1) is 0 Å². The maximum atomic E-state index is 6.22. The summed E-state index contributed by atoms with van der Waals surface area (Å²) in [5.74, 6) is 1.69. The lowest BCUT2D eigenvalue weighted by Gasteiger charge is -2.35. The number of nitrogens with one attached hydrogen (secondary N) is 1. The highest BCUT2D eigenvalue weighted by atomic mass is 35.5. The van der Waals surface area contributed by atoms with E-state index in [0.29, 0.717) is 5.02 Å². The van der Waals surface area contributed by atoms with Gasteiger partial charge in [0.2, 0.25) is 0 Å². The van der Waals surface area contributed by atoms with Crippen LogP contribution in [0, 0.1) is 0 Å². The molecule has 0 unspecified atom stereocenters. The van der Waals surface area contributed by atoms with Gasteiger partial charge in [0, 0.05) is 38.8 Å². The Kier molecular flexibility index (Phi) is 5.51. The van der Waals surface area contributed by atoms with Crippen molar-refractivity contribution in [2.45, 2.75) is 6.54 Å². The fourth-order valence-electron chi connectivity index (χ4n) is 3.27. The molecule has 6 heteroatoms. The SMILES string of the molecule is Clc1ccccc1Nc1cc(N2CCN(Cc3ccccc3)CC2)ncn1. The van der Waals surface area contributed by atoms with E-state index in [0.717, 1.165) is 50.0 Å². The van der Waals surface area contributed by atoms with Gasteiger partial charge < -0.3 is 10.2 Å². The number of anilines is 3. The van der Waals surface area contributed by atoms with Crippen molar-refractivity contribution in [3.63, 3.8) is 0 Å². The summed E-state index contributed by atoms with van der Waals surface area (Å²) in [6, 6.07) is 20.3. The molecule has 2 aromatic carbocycles. The molecule has 3 aromatic rings. The fourth-order valence-corrected chi connectivity index (χ4v) is 3.45. The van der Waals surface area contributed by atoms with Crippen LogP contribution in [-0.2, 0) is 6.54 Å². The molecule has 0 atom stereocenters. The zero-order valence-corrected chi connectivity index (χ0v) is 15.8. The number of halogens is 1. The Bertz CT molecular complexity index is 879. The minimum Gasteiger partial charge on any atom is -0.354 e. The van der Waals surface area contributed by atoms with Gasteiger partial charge in [-0.2, -0.15) is 0 Å². The van der Waals surface area contributed by atoms with Gasteiger partial charge >= 0.3 is 0 Å². The molecule has 27 heavy (non-hydrogen) atoms. The molecule has 1 saturated heterocycles. The first kappa shape index (κ1) is 17.8. The molecular formula is C21H22ClN5. The number of benzene rings is 2. The second-order valence-corrected chi connectivity index (χ2v) is 7.02. The van der Waals surface area contributed by atoms with Gasteiger partial charge in [0.05, 0.1) is 10.7 Å². The molecule has 0 amide bonds. The zero-order valence-electron chi connectivity index (χ0n) is 15.1. The highest BCUT2D eigenvalue weighted by molar-refractivity contribution is 6.33. The van der Waals surface area contributed by atoms with Gasteiger partial charge in [0.1, 0.15) is 18.0 Å². The Morgan fingerprint density at radius 2 is 1.63 bits per heavy atom. The van der Waals surface area contributed by atoms with Crippen molar-refractivity contribution in [2.75, 3.05) is 36.4 Å². The largest absolute Gasteiger partial charge is 0.354 e. The molecule has 2 heterocycles. The first-order chi connectivity index (χ1) is 13.3. The number of hydrogen-bond acceptors (Lipinski definition) is 5. The Morgan fingerprint density at radius 3 is 2.41 bits per heavy atom. The molecule has 5 nitrogen and oxygen atoms in total. The van der Waals surface area contributed by atoms with Crippen molar-refractivity contribution in [1.82, 2.24) is 14.9 Å². The van der Waals surface area contributed by atoms with E-state index in [1.54, 1.807) is 6.33 Å². The normalized spacial score (nSPS) is 14.9. The monoisotopic (exact) mass is 379 g/mol. The first-order valence-electron chi connectivity index (χ1n) is 9.13. The van der Waals surface area contributed by atoms with Crippen LogP contribution in [0.3, 0.4) is 0 Å². The summed E-state index contributed by atoms with van der Waals surface area (Å²) in [6.07, 6.45) is 1.60. The predicted molar refractivity (Wildman–Crippen MR) is 111 cm³/mol. The van der Waals surface area contributed by atoms with Gasteiger partial charge in [-0.05, 0) is 17.7 Å². The van der Waals surface area contributed by atoms with E-state index in [2.05, 4.69) is 55.4 Å². The smallest absolute Gasteiger partial charge is 0.135 e. The number of aromatic nitrogens is 2. The molecule has 0 aliphatic carbocycles. The molecular weight excluding hydrogens is 358 g/mol. The van der Waals surface area contributed by atoms with Gasteiger partial charge in [0.15, 0.2) is 0 Å². The standard InChI is InChI=1S/C21H22ClN5/c22-18-8-4-5-9-19(18)25-20-14-21(24-16-23-20)27-12-10-26(11-13-27)15-17-6-2-1-3-7-17/h1-9,14,16H,10-13,15H2,(H,23,24,25). The van der Waals surface area contributed by atoms with Gasteiger partial charge in [-0.3, -0.25) is 4.90 Å². The van der Waals surface area contributed by atoms with Crippen LogP contribution >= 0.6 is 11.6 Å². The van der Waals surface area contributed by atoms with Crippen molar-refractivity contribution in [1.29, 1.82) is 0 Å². The molecule has 1 aliphatic rings. The van der Waals surface area contributed by atoms with Crippen molar-refractivity contribution in [3.8, 4) is 0 Å². The molecule has 0 saturated carbocycles. The number of rotatable bonds is 5. The van der Waals surface area contributed by atoms with E-state index < -0.39 is 0 Å². The fraction of sp³-hybridized carbons (Fsp3) is 0.238. The summed E-state index contributed by atoms with van der Waals surface area (Å²) in [6.45, 7) is 4.95. The summed E-state index contributed by atoms with van der Waals surface area (Å²) in [7, 11) is 0. The Morgan fingerprint density at radius 1 is 0.889 bits per heavy atom. The third-order valence-electron chi connectivity index (χ3n) is 4.73. The number of nitrogens with zero attached hydrogens (tertiary/aromatic N) is 4. The van der Waals surface area contributed by atoms with Crippen LogP contribution in [0.4, 0.5) is 17.3 Å². The number of para-hydroxylation sites is 1. The topological polar surface area (TPSA) is 44.3 Å². The molecule has 138 valence electrons. The van der Waals surface area contributed by atoms with Crippen LogP contribution in [0.1, 0.15) is 5.56 Å². The van der Waals surface area contributed by atoms with E-state index >= 15 is 0 Å². The van der Waals surface area contributed by atoms with Gasteiger partial charge in [-0.25, -0.2) is 9.97 Å². The van der Waals surface area contributed by atoms with E-state index in [-0.39, 0.29) is 0 Å². The average Bonchev–Trinajstić information content (AvgIpc) is 2.71. The van der Waals surface area contributed by atoms with Crippen LogP contribution < -0.4 is 10.2 Å². The highest BCUT2D eigenvalue weighted by Gasteiger charge is 2.18. The minimum absolute atomic E-state index is 0.673. The average molecular weight is 380 g/mol. The molecule has 0 radical (unpaired) electrons. The van der Waals surface area contributed by atoms with Gasteiger partial charge in [0.25, 0.3) is 0 Å². The summed E-state index contributed by atoms with van der Waals surface area (Å²) in [5.41, 5.74) is 2.20. The lowest BCUT2D eigenvalue weighted by atomic mass is 10.2. The van der Waals surface area contributed by atoms with Crippen LogP contribution in [-0.4, -0.2) is 41.0 Å². The Hall–Kier alpha value is -2.63. The third-order valence-corrected chi connectivity index (χ3v) is 5.06. The van der Waals surface area contributed by atoms with Crippen LogP contribution in [0.15, 0.2) is 67.0 Å². The predicted octanol–water partition coefficient (Wildman–Crippen LogP) is 4.20. The van der Waals surface area contributed by atoms with E-state index in [9.17, 15) is 0 Å². The molecule has 4 rings (SSSR count). The summed E-state index contributed by atoms with van der Waals surface area (Å²) >= 11 is 6.22. The van der Waals surface area contributed by atoms with E-state index in [1.807, 2.05) is 30.3 Å². The number of piperazine rings is 1. The van der Waals surface area contributed by atoms with Crippen LogP contribution in [0.25, 0.3) is 0 Å². The molecule has 1 aliphatic heterocycles. The van der Waals surface area contributed by atoms with E-state index in [1.165, 1.54) is 5.56 Å². The zero-order chi connectivity index (χ0) is 18.5. The third kappa shape index (κ3) is 4.56. The minimum atomic E-state index is 0.673. The summed E-state index contributed by atoms with van der Waals surface area (Å²) < 4.78 is 0. The van der Waals surface area contributed by atoms with Crippen molar-refractivity contribution in [2.24, 2.45) is 0 Å². The first-order valence-corrected chi connectivity index (χ1v) is 9.50. The lowest BCUT2D eigenvalue weighted by molar-refractivity contribution is 0.249. The maximum Gasteiger partial charge on any atom is 0.135 e. The lowest BCUT2D eigenvalue weighted by Crippen LogP contribution is -2.46. The van der Waals surface area contributed by atoms with Crippen molar-refractivity contribution in [3.05, 3.63) is 77.6 Å². The van der Waals surface area contributed by atoms with Crippen molar-refractivity contribution >= 4 is 28.9 Å². The number of hydrogen-bond donors (Lipinski definition) is 1. The summed E-state index contributed by atoms with van der Waals surface area (Å²) in [4.78, 5) is 13.6. The van der Waals surface area contributed by atoms with E-state index in [4.69, 9.17) is 11.6 Å². The quantitative estimate of drug-likeness (QED) is 0.719. The molecule has 1 fully saturated rings. The molecule has 0 spiro atoms. The van der Waals surface area contributed by atoms with Gasteiger partial charge in [-0.1, -0.05) is 54.1 Å². The van der Waals surface area contributed by atoms with Crippen molar-refractivity contribution < 1.29 is 0 Å². The van der Waals surface area contributed by atoms with Crippen LogP contribution in [0.2, 0.25) is 5.02 Å². The Labute approximate surface area is 164 Å². The highest BCUT2D eigenvalue weighted by Crippen LogP contribution is 2.25.